The van der Waals surface area contributed by atoms with E-state index in [0.29, 0.717) is 12.6 Å². The van der Waals surface area contributed by atoms with Crippen molar-refractivity contribution in [1.29, 1.82) is 0 Å². The molecule has 0 spiro atoms. The van der Waals surface area contributed by atoms with Crippen LogP contribution in [0, 0.1) is 0 Å². The first-order valence-electron chi connectivity index (χ1n) is 6.37. The summed E-state index contributed by atoms with van der Waals surface area (Å²) < 4.78 is 0. The molecule has 0 saturated carbocycles. The second-order valence-electron chi connectivity index (χ2n) is 4.72. The quantitative estimate of drug-likeness (QED) is 0.884. The van der Waals surface area contributed by atoms with E-state index in [1.54, 1.807) is 7.05 Å². The Hall–Kier alpha value is -1.75. The summed E-state index contributed by atoms with van der Waals surface area (Å²) in [5, 5.41) is 15.5. The number of hydrogen-bond donors (Lipinski definition) is 1. The Morgan fingerprint density at radius 2 is 2.28 bits per heavy atom. The molecule has 5 heteroatoms. The number of aryl methyl sites for hydroxylation is 2. The summed E-state index contributed by atoms with van der Waals surface area (Å²) in [5.74, 6) is 0.751. The van der Waals surface area contributed by atoms with Gasteiger partial charge in [-0.1, -0.05) is 24.3 Å². The highest BCUT2D eigenvalue weighted by Gasteiger charge is 2.19. The standard InChI is InChI=1S/C13H17N5/c1-18-16-13(15-17-18)9-14-12-8-4-6-10-5-2-3-7-11(10)12/h2-3,5,7,12,14H,4,6,8-9H2,1H3. The highest BCUT2D eigenvalue weighted by molar-refractivity contribution is 5.32. The fourth-order valence-electron chi connectivity index (χ4n) is 2.57. The Morgan fingerprint density at radius 3 is 3.11 bits per heavy atom. The van der Waals surface area contributed by atoms with E-state index in [4.69, 9.17) is 0 Å². The predicted molar refractivity (Wildman–Crippen MR) is 67.8 cm³/mol. The number of hydrogen-bond acceptors (Lipinski definition) is 4. The summed E-state index contributed by atoms with van der Waals surface area (Å²) >= 11 is 0. The minimum Gasteiger partial charge on any atom is -0.303 e. The fraction of sp³-hybridized carbons (Fsp3) is 0.462. The molecule has 0 amide bonds. The van der Waals surface area contributed by atoms with Gasteiger partial charge in [-0.15, -0.1) is 10.2 Å². The third-order valence-corrected chi connectivity index (χ3v) is 3.43. The SMILES string of the molecule is Cn1nnc(CNC2CCCc3ccccc32)n1. The van der Waals surface area contributed by atoms with E-state index in [1.165, 1.54) is 35.2 Å². The number of nitrogens with one attached hydrogen (secondary N) is 1. The van der Waals surface area contributed by atoms with E-state index >= 15 is 0 Å². The topological polar surface area (TPSA) is 55.6 Å². The van der Waals surface area contributed by atoms with E-state index in [9.17, 15) is 0 Å². The number of aromatic nitrogens is 4. The average Bonchev–Trinajstić information content (AvgIpc) is 2.82. The van der Waals surface area contributed by atoms with Crippen molar-refractivity contribution in [3.63, 3.8) is 0 Å². The molecule has 1 aromatic carbocycles. The van der Waals surface area contributed by atoms with Gasteiger partial charge in [0.15, 0.2) is 5.82 Å². The maximum atomic E-state index is 4.18. The van der Waals surface area contributed by atoms with Gasteiger partial charge in [0.1, 0.15) is 0 Å². The number of fused-ring (bicyclic) bond motifs is 1. The molecule has 0 aliphatic heterocycles. The molecule has 1 heterocycles. The van der Waals surface area contributed by atoms with E-state index in [0.717, 1.165) is 5.82 Å². The highest BCUT2D eigenvalue weighted by Crippen LogP contribution is 2.29. The molecule has 1 aliphatic carbocycles. The van der Waals surface area contributed by atoms with Crippen LogP contribution in [0.5, 0.6) is 0 Å². The maximum Gasteiger partial charge on any atom is 0.188 e. The molecule has 94 valence electrons. The van der Waals surface area contributed by atoms with Crippen molar-refractivity contribution in [2.45, 2.75) is 31.8 Å². The Labute approximate surface area is 106 Å². The maximum absolute atomic E-state index is 4.18. The zero-order chi connectivity index (χ0) is 12.4. The number of rotatable bonds is 3. The van der Waals surface area contributed by atoms with Gasteiger partial charge in [0, 0.05) is 6.04 Å². The smallest absolute Gasteiger partial charge is 0.188 e. The number of benzene rings is 1. The van der Waals surface area contributed by atoms with Crippen molar-refractivity contribution in [2.75, 3.05) is 0 Å². The van der Waals surface area contributed by atoms with Crippen molar-refractivity contribution in [3.05, 3.63) is 41.2 Å². The Balaban J connectivity index is 1.71. The average molecular weight is 243 g/mol. The van der Waals surface area contributed by atoms with E-state index < -0.39 is 0 Å². The van der Waals surface area contributed by atoms with Gasteiger partial charge in [-0.3, -0.25) is 0 Å². The summed E-state index contributed by atoms with van der Waals surface area (Å²) in [6.45, 7) is 0.673. The molecule has 18 heavy (non-hydrogen) atoms. The molecule has 1 unspecified atom stereocenters. The summed E-state index contributed by atoms with van der Waals surface area (Å²) in [4.78, 5) is 1.49. The van der Waals surface area contributed by atoms with Crippen LogP contribution in [0.2, 0.25) is 0 Å². The third-order valence-electron chi connectivity index (χ3n) is 3.43. The molecular weight excluding hydrogens is 226 g/mol. The van der Waals surface area contributed by atoms with Crippen LogP contribution < -0.4 is 5.32 Å². The normalized spacial score (nSPS) is 18.6. The second kappa shape index (κ2) is 4.86. The van der Waals surface area contributed by atoms with Gasteiger partial charge in [-0.2, -0.15) is 4.80 Å². The van der Waals surface area contributed by atoms with Crippen LogP contribution in [0.1, 0.15) is 35.8 Å². The predicted octanol–water partition coefficient (Wildman–Crippen LogP) is 1.38. The first-order chi connectivity index (χ1) is 8.83. The van der Waals surface area contributed by atoms with Crippen molar-refractivity contribution < 1.29 is 0 Å². The molecule has 0 bridgehead atoms. The van der Waals surface area contributed by atoms with Crippen LogP contribution in [0.15, 0.2) is 24.3 Å². The first kappa shape index (κ1) is 11.3. The number of tetrazole rings is 1. The fourth-order valence-corrected chi connectivity index (χ4v) is 2.57. The summed E-state index contributed by atoms with van der Waals surface area (Å²) in [6.07, 6.45) is 3.61. The van der Waals surface area contributed by atoms with Crippen LogP contribution in [0.25, 0.3) is 0 Å². The molecule has 1 aliphatic rings. The van der Waals surface area contributed by atoms with Crippen LogP contribution in [0.4, 0.5) is 0 Å². The molecule has 3 rings (SSSR count). The Morgan fingerprint density at radius 1 is 1.39 bits per heavy atom. The van der Waals surface area contributed by atoms with Crippen molar-refractivity contribution in [3.8, 4) is 0 Å². The van der Waals surface area contributed by atoms with Crippen molar-refractivity contribution in [1.82, 2.24) is 25.5 Å². The van der Waals surface area contributed by atoms with Crippen molar-refractivity contribution >= 4 is 0 Å². The van der Waals surface area contributed by atoms with Crippen LogP contribution in [0.3, 0.4) is 0 Å². The summed E-state index contributed by atoms with van der Waals surface area (Å²) in [6, 6.07) is 9.09. The summed E-state index contributed by atoms with van der Waals surface area (Å²) in [5.41, 5.74) is 2.89. The van der Waals surface area contributed by atoms with Gasteiger partial charge in [0.25, 0.3) is 0 Å². The van der Waals surface area contributed by atoms with E-state index in [1.807, 2.05) is 0 Å². The van der Waals surface area contributed by atoms with Gasteiger partial charge in [0.05, 0.1) is 13.6 Å². The molecule has 1 aromatic heterocycles. The minimum absolute atomic E-state index is 0.416. The lowest BCUT2D eigenvalue weighted by Gasteiger charge is -2.25. The van der Waals surface area contributed by atoms with Crippen LogP contribution in [-0.4, -0.2) is 20.2 Å². The lowest BCUT2D eigenvalue weighted by molar-refractivity contribution is 0.452. The van der Waals surface area contributed by atoms with Crippen LogP contribution >= 0.6 is 0 Å². The molecule has 2 aromatic rings. The molecular formula is C13H17N5. The van der Waals surface area contributed by atoms with Gasteiger partial charge in [0.2, 0.25) is 0 Å². The van der Waals surface area contributed by atoms with Gasteiger partial charge >= 0.3 is 0 Å². The molecule has 0 fully saturated rings. The molecule has 0 saturated heterocycles. The lowest BCUT2D eigenvalue weighted by atomic mass is 9.88. The molecule has 0 radical (unpaired) electrons. The van der Waals surface area contributed by atoms with Crippen LogP contribution in [-0.2, 0) is 20.0 Å². The first-order valence-corrected chi connectivity index (χ1v) is 6.37. The second-order valence-corrected chi connectivity index (χ2v) is 4.72. The van der Waals surface area contributed by atoms with E-state index in [-0.39, 0.29) is 0 Å². The molecule has 1 N–H and O–H groups in total. The van der Waals surface area contributed by atoms with Gasteiger partial charge < -0.3 is 5.32 Å². The Bertz CT molecular complexity index is 534. The Kier molecular flexibility index (Phi) is 3.06. The lowest BCUT2D eigenvalue weighted by Crippen LogP contribution is -2.25. The summed E-state index contributed by atoms with van der Waals surface area (Å²) in [7, 11) is 1.78. The third kappa shape index (κ3) is 2.26. The van der Waals surface area contributed by atoms with Gasteiger partial charge in [-0.25, -0.2) is 0 Å². The van der Waals surface area contributed by atoms with Gasteiger partial charge in [-0.05, 0) is 35.6 Å². The number of nitrogens with zero attached hydrogens (tertiary/aromatic N) is 4. The minimum atomic E-state index is 0.416. The zero-order valence-electron chi connectivity index (χ0n) is 10.5. The highest BCUT2D eigenvalue weighted by atomic mass is 15.6. The monoisotopic (exact) mass is 243 g/mol. The zero-order valence-corrected chi connectivity index (χ0v) is 10.5. The van der Waals surface area contributed by atoms with E-state index in [2.05, 4.69) is 45.0 Å². The van der Waals surface area contributed by atoms with Crippen molar-refractivity contribution in [2.24, 2.45) is 7.05 Å². The molecule has 5 nitrogen and oxygen atoms in total. The molecule has 1 atom stereocenters. The largest absolute Gasteiger partial charge is 0.303 e.